The third-order valence-electron chi connectivity index (χ3n) is 3.73. The highest BCUT2D eigenvalue weighted by Crippen LogP contribution is 2.22. The van der Waals surface area contributed by atoms with E-state index in [-0.39, 0.29) is 24.8 Å². The molecule has 0 radical (unpaired) electrons. The van der Waals surface area contributed by atoms with Gasteiger partial charge in [-0.05, 0) is 29.3 Å². The van der Waals surface area contributed by atoms with Crippen LogP contribution in [0.25, 0.3) is 0 Å². The summed E-state index contributed by atoms with van der Waals surface area (Å²) in [5, 5.41) is 10.0. The van der Waals surface area contributed by atoms with Crippen LogP contribution in [0.5, 0.6) is 0 Å². The maximum absolute atomic E-state index is 11.5. The normalized spacial score (nSPS) is 10.6. The van der Waals surface area contributed by atoms with E-state index in [1.165, 1.54) is 14.2 Å². The second kappa shape index (κ2) is 9.31. The minimum atomic E-state index is -0.331. The molecule has 0 N–H and O–H groups in total. The fourth-order valence-corrected chi connectivity index (χ4v) is 2.22. The summed E-state index contributed by atoms with van der Waals surface area (Å²) in [6.07, 6.45) is 0.362. The SMILES string of the molecule is COC(=O)Cc1ccc(N(C)/N=N/c2ccccc2CC(=O)OC)cc1. The van der Waals surface area contributed by atoms with Crippen LogP contribution in [0.15, 0.2) is 58.9 Å². The second-order valence-corrected chi connectivity index (χ2v) is 5.51. The number of hydrogen-bond donors (Lipinski definition) is 0. The molecule has 0 heterocycles. The molecule has 0 saturated heterocycles. The number of esters is 2. The van der Waals surface area contributed by atoms with Gasteiger partial charge in [0, 0.05) is 7.05 Å². The Hall–Kier alpha value is -3.22. The van der Waals surface area contributed by atoms with Gasteiger partial charge in [0.15, 0.2) is 0 Å². The van der Waals surface area contributed by atoms with Gasteiger partial charge in [0.2, 0.25) is 0 Å². The zero-order chi connectivity index (χ0) is 18.9. The highest BCUT2D eigenvalue weighted by Gasteiger charge is 2.08. The van der Waals surface area contributed by atoms with Crippen molar-refractivity contribution in [1.82, 2.24) is 0 Å². The van der Waals surface area contributed by atoms with Gasteiger partial charge in [0.25, 0.3) is 0 Å². The lowest BCUT2D eigenvalue weighted by molar-refractivity contribution is -0.140. The van der Waals surface area contributed by atoms with E-state index in [9.17, 15) is 9.59 Å². The second-order valence-electron chi connectivity index (χ2n) is 5.51. The van der Waals surface area contributed by atoms with Gasteiger partial charge in [-0.1, -0.05) is 35.6 Å². The summed E-state index contributed by atoms with van der Waals surface area (Å²) in [7, 11) is 4.48. The molecule has 0 amide bonds. The number of nitrogens with zero attached hydrogens (tertiary/aromatic N) is 3. The van der Waals surface area contributed by atoms with E-state index < -0.39 is 0 Å². The molecule has 0 aliphatic rings. The van der Waals surface area contributed by atoms with Gasteiger partial charge in [-0.3, -0.25) is 9.59 Å². The third kappa shape index (κ3) is 5.41. The third-order valence-corrected chi connectivity index (χ3v) is 3.73. The number of rotatable bonds is 7. The van der Waals surface area contributed by atoms with Gasteiger partial charge in [-0.15, -0.1) is 5.11 Å². The first-order valence-electron chi connectivity index (χ1n) is 7.99. The fraction of sp³-hybridized carbons (Fsp3) is 0.263. The summed E-state index contributed by atoms with van der Waals surface area (Å²) in [4.78, 5) is 22.8. The van der Waals surface area contributed by atoms with Crippen molar-refractivity contribution < 1.29 is 19.1 Å². The summed E-state index contributed by atoms with van der Waals surface area (Å²) in [5.74, 6) is -0.616. The topological polar surface area (TPSA) is 80.6 Å². The molecule has 2 aromatic rings. The minimum absolute atomic E-state index is 0.137. The molecule has 0 bridgehead atoms. The Morgan fingerprint density at radius 1 is 0.923 bits per heavy atom. The predicted molar refractivity (Wildman–Crippen MR) is 97.2 cm³/mol. The molecule has 0 unspecified atom stereocenters. The summed E-state index contributed by atoms with van der Waals surface area (Å²) < 4.78 is 9.35. The lowest BCUT2D eigenvalue weighted by Gasteiger charge is -2.12. The molecule has 7 nitrogen and oxygen atoms in total. The highest BCUT2D eigenvalue weighted by atomic mass is 16.5. The van der Waals surface area contributed by atoms with Crippen LogP contribution in [-0.4, -0.2) is 33.2 Å². The van der Waals surface area contributed by atoms with Crippen molar-refractivity contribution in [2.45, 2.75) is 12.8 Å². The molecule has 0 saturated carbocycles. The average molecular weight is 355 g/mol. The number of benzene rings is 2. The number of ether oxygens (including phenoxy) is 2. The van der Waals surface area contributed by atoms with E-state index in [1.807, 2.05) is 42.5 Å². The summed E-state index contributed by atoms with van der Waals surface area (Å²) in [6.45, 7) is 0. The average Bonchev–Trinajstić information content (AvgIpc) is 2.67. The van der Waals surface area contributed by atoms with Crippen LogP contribution in [-0.2, 0) is 31.9 Å². The van der Waals surface area contributed by atoms with Crippen molar-refractivity contribution in [3.05, 3.63) is 59.7 Å². The maximum atomic E-state index is 11.5. The van der Waals surface area contributed by atoms with Crippen LogP contribution in [0.4, 0.5) is 11.4 Å². The zero-order valence-electron chi connectivity index (χ0n) is 15.0. The van der Waals surface area contributed by atoms with Crippen LogP contribution < -0.4 is 5.01 Å². The van der Waals surface area contributed by atoms with Gasteiger partial charge in [-0.2, -0.15) is 0 Å². The lowest BCUT2D eigenvalue weighted by atomic mass is 10.1. The Balaban J connectivity index is 2.08. The first-order valence-corrected chi connectivity index (χ1v) is 7.99. The van der Waals surface area contributed by atoms with Gasteiger partial charge in [-0.25, -0.2) is 5.01 Å². The first-order chi connectivity index (χ1) is 12.5. The molecule has 0 fully saturated rings. The summed E-state index contributed by atoms with van der Waals surface area (Å²) >= 11 is 0. The monoisotopic (exact) mass is 355 g/mol. The molecule has 0 atom stereocenters. The van der Waals surface area contributed by atoms with Crippen LogP contribution in [0, 0.1) is 0 Å². The van der Waals surface area contributed by atoms with E-state index in [2.05, 4.69) is 15.1 Å². The van der Waals surface area contributed by atoms with E-state index in [1.54, 1.807) is 18.1 Å². The van der Waals surface area contributed by atoms with Gasteiger partial charge in [0.1, 0.15) is 0 Å². The first kappa shape index (κ1) is 19.1. The Kier molecular flexibility index (Phi) is 6.84. The molecule has 0 aliphatic carbocycles. The Morgan fingerprint density at radius 2 is 1.54 bits per heavy atom. The zero-order valence-corrected chi connectivity index (χ0v) is 15.0. The van der Waals surface area contributed by atoms with Crippen molar-refractivity contribution in [2.24, 2.45) is 10.3 Å². The number of carbonyl (C=O) groups excluding carboxylic acids is 2. The van der Waals surface area contributed by atoms with Gasteiger partial charge in [0.05, 0.1) is 38.4 Å². The van der Waals surface area contributed by atoms with Crippen molar-refractivity contribution in [2.75, 3.05) is 26.3 Å². The van der Waals surface area contributed by atoms with Gasteiger partial charge < -0.3 is 9.47 Å². The number of methoxy groups -OCH3 is 2. The maximum Gasteiger partial charge on any atom is 0.310 e. The molecule has 7 heteroatoms. The summed E-state index contributed by atoms with van der Waals surface area (Å²) in [5.41, 5.74) is 3.01. The van der Waals surface area contributed by atoms with E-state index in [4.69, 9.17) is 4.74 Å². The molecular weight excluding hydrogens is 334 g/mol. The lowest BCUT2D eigenvalue weighted by Crippen LogP contribution is -2.08. The summed E-state index contributed by atoms with van der Waals surface area (Å²) in [6, 6.07) is 14.6. The van der Waals surface area contributed by atoms with Gasteiger partial charge >= 0.3 is 11.9 Å². The number of carbonyl (C=O) groups is 2. The van der Waals surface area contributed by atoms with Crippen molar-refractivity contribution in [3.63, 3.8) is 0 Å². The smallest absolute Gasteiger partial charge is 0.310 e. The highest BCUT2D eigenvalue weighted by molar-refractivity contribution is 5.74. The van der Waals surface area contributed by atoms with E-state index in [0.29, 0.717) is 5.69 Å². The molecule has 2 aromatic carbocycles. The Labute approximate surface area is 152 Å². The quantitative estimate of drug-likeness (QED) is 0.433. The standard InChI is InChI=1S/C19H21N3O4/c1-22(16-10-8-14(9-11-16)12-18(23)25-2)21-20-17-7-5-4-6-15(17)13-19(24)26-3/h4-11H,12-13H2,1-3H3/b21-20+. The molecular formula is C19H21N3O4. The number of anilines is 1. The van der Waals surface area contributed by atoms with Crippen molar-refractivity contribution >= 4 is 23.3 Å². The molecule has 136 valence electrons. The Morgan fingerprint density at radius 3 is 2.19 bits per heavy atom. The van der Waals surface area contributed by atoms with Crippen LogP contribution in [0.1, 0.15) is 11.1 Å². The molecule has 0 aliphatic heterocycles. The predicted octanol–water partition coefficient (Wildman–Crippen LogP) is 3.25. The molecule has 2 rings (SSSR count). The number of hydrogen-bond acceptors (Lipinski definition) is 6. The van der Waals surface area contributed by atoms with Crippen LogP contribution in [0.2, 0.25) is 0 Å². The van der Waals surface area contributed by atoms with E-state index in [0.717, 1.165) is 16.8 Å². The van der Waals surface area contributed by atoms with Crippen LogP contribution in [0.3, 0.4) is 0 Å². The molecule has 0 aromatic heterocycles. The van der Waals surface area contributed by atoms with Crippen LogP contribution >= 0.6 is 0 Å². The molecule has 26 heavy (non-hydrogen) atoms. The van der Waals surface area contributed by atoms with Crippen molar-refractivity contribution in [1.29, 1.82) is 0 Å². The van der Waals surface area contributed by atoms with Crippen molar-refractivity contribution in [3.8, 4) is 0 Å². The minimum Gasteiger partial charge on any atom is -0.469 e. The van der Waals surface area contributed by atoms with E-state index >= 15 is 0 Å². The molecule has 0 spiro atoms. The largest absolute Gasteiger partial charge is 0.469 e. The fourth-order valence-electron chi connectivity index (χ4n) is 2.22. The Bertz CT molecular complexity index is 788.